The van der Waals surface area contributed by atoms with Crippen LogP contribution >= 0.6 is 11.6 Å². The number of nitrogens with one attached hydrogen (secondary N) is 4. The number of hydrogen-bond donors (Lipinski definition) is 5. The first-order valence-electron chi connectivity index (χ1n) is 9.04. The standard InChI is InChI=1S/C21H17ClF2N4O3.CH4/c22-13-10-27-21(31)16(18(13)28-19-14(23)2-1-3-15(19)24)17(25)11-4-6-12(7-5-11)20(30)26-8-9-29;/h1-7,10,25,29H,8-9H2,(H,26,30)(H2,27,28,31);1H4. The summed E-state index contributed by atoms with van der Waals surface area (Å²) in [5, 5.41) is 22.2. The number of carbonyl (C=O) groups excluding carboxylic acids is 1. The molecular formula is C22H21ClF2N4O3. The Kier molecular flexibility index (Phi) is 8.22. The number of halogens is 3. The van der Waals surface area contributed by atoms with Gasteiger partial charge in [-0.2, -0.15) is 0 Å². The molecule has 0 aliphatic carbocycles. The van der Waals surface area contributed by atoms with Gasteiger partial charge in [0.25, 0.3) is 11.5 Å². The highest BCUT2D eigenvalue weighted by Gasteiger charge is 2.20. The first-order chi connectivity index (χ1) is 14.8. The third-order valence-electron chi connectivity index (χ3n) is 4.34. The van der Waals surface area contributed by atoms with Gasteiger partial charge < -0.3 is 20.7 Å². The maximum absolute atomic E-state index is 14.1. The van der Waals surface area contributed by atoms with E-state index in [-0.39, 0.29) is 53.7 Å². The van der Waals surface area contributed by atoms with Crippen molar-refractivity contribution in [1.82, 2.24) is 10.3 Å². The van der Waals surface area contributed by atoms with Crippen molar-refractivity contribution >= 4 is 34.6 Å². The topological polar surface area (TPSA) is 118 Å². The second-order valence-corrected chi connectivity index (χ2v) is 6.78. The summed E-state index contributed by atoms with van der Waals surface area (Å²) in [6, 6.07) is 9.05. The van der Waals surface area contributed by atoms with Crippen LogP contribution in [0.4, 0.5) is 20.2 Å². The summed E-state index contributed by atoms with van der Waals surface area (Å²) in [5.41, 5.74) is -1.29. The van der Waals surface area contributed by atoms with Crippen LogP contribution in [0.5, 0.6) is 0 Å². The van der Waals surface area contributed by atoms with Crippen LogP contribution < -0.4 is 16.2 Å². The Morgan fingerprint density at radius 1 is 1.06 bits per heavy atom. The Bertz CT molecular complexity index is 1180. The van der Waals surface area contributed by atoms with Gasteiger partial charge in [0.05, 0.1) is 28.6 Å². The molecule has 3 rings (SSSR count). The quantitative estimate of drug-likeness (QED) is 0.343. The van der Waals surface area contributed by atoms with Crippen LogP contribution in [0.25, 0.3) is 0 Å². The summed E-state index contributed by atoms with van der Waals surface area (Å²) < 4.78 is 28.2. The molecule has 1 heterocycles. The van der Waals surface area contributed by atoms with Crippen molar-refractivity contribution < 1.29 is 18.7 Å². The summed E-state index contributed by atoms with van der Waals surface area (Å²) >= 11 is 6.16. The van der Waals surface area contributed by atoms with Gasteiger partial charge in [0.1, 0.15) is 17.3 Å². The Balaban J connectivity index is 0.00000363. The SMILES string of the molecule is C.N=C(c1ccc(C(=O)NCCO)cc1)c1c(Nc2c(F)cccc2F)c(Cl)c[nH]c1=O. The van der Waals surface area contributed by atoms with Gasteiger partial charge in [-0.15, -0.1) is 0 Å². The van der Waals surface area contributed by atoms with E-state index in [9.17, 15) is 18.4 Å². The van der Waals surface area contributed by atoms with Crippen molar-refractivity contribution in [3.63, 3.8) is 0 Å². The number of H-pyrrole nitrogens is 1. The molecular weight excluding hydrogens is 442 g/mol. The van der Waals surface area contributed by atoms with E-state index in [4.69, 9.17) is 22.1 Å². The van der Waals surface area contributed by atoms with Crippen LogP contribution in [0.15, 0.2) is 53.5 Å². The molecule has 1 aromatic heterocycles. The van der Waals surface area contributed by atoms with Crippen LogP contribution in [0.3, 0.4) is 0 Å². The maximum Gasteiger partial charge on any atom is 0.259 e. The van der Waals surface area contributed by atoms with Gasteiger partial charge in [-0.3, -0.25) is 15.0 Å². The number of aromatic amines is 1. The molecule has 1 amide bonds. The Morgan fingerprint density at radius 3 is 2.25 bits per heavy atom. The van der Waals surface area contributed by atoms with Gasteiger partial charge in [-0.1, -0.05) is 37.2 Å². The first kappa shape index (κ1) is 24.7. The van der Waals surface area contributed by atoms with Gasteiger partial charge in [0, 0.05) is 23.9 Å². The van der Waals surface area contributed by atoms with Crippen molar-refractivity contribution in [3.05, 3.63) is 92.4 Å². The number of aliphatic hydroxyl groups is 1. The minimum Gasteiger partial charge on any atom is -0.395 e. The van der Waals surface area contributed by atoms with E-state index >= 15 is 0 Å². The van der Waals surface area contributed by atoms with E-state index in [0.29, 0.717) is 0 Å². The minimum atomic E-state index is -0.896. The van der Waals surface area contributed by atoms with Crippen LogP contribution in [0, 0.1) is 17.0 Å². The number of amides is 1. The number of rotatable bonds is 7. The molecule has 0 fully saturated rings. The molecule has 0 bridgehead atoms. The van der Waals surface area contributed by atoms with E-state index in [0.717, 1.165) is 18.3 Å². The van der Waals surface area contributed by atoms with E-state index in [1.54, 1.807) is 0 Å². The van der Waals surface area contributed by atoms with E-state index in [1.165, 1.54) is 30.3 Å². The molecule has 5 N–H and O–H groups in total. The fourth-order valence-electron chi connectivity index (χ4n) is 2.81. The molecule has 0 aliphatic heterocycles. The van der Waals surface area contributed by atoms with Crippen molar-refractivity contribution in [2.75, 3.05) is 18.5 Å². The van der Waals surface area contributed by atoms with Crippen molar-refractivity contribution in [2.45, 2.75) is 7.43 Å². The molecule has 32 heavy (non-hydrogen) atoms. The number of carbonyl (C=O) groups is 1. The molecule has 0 saturated heterocycles. The van der Waals surface area contributed by atoms with Crippen LogP contribution in [-0.4, -0.2) is 34.9 Å². The van der Waals surface area contributed by atoms with Gasteiger partial charge in [-0.25, -0.2) is 8.78 Å². The molecule has 3 aromatic rings. The fourth-order valence-corrected chi connectivity index (χ4v) is 3.01. The zero-order valence-corrected chi connectivity index (χ0v) is 16.7. The molecule has 0 saturated carbocycles. The summed E-state index contributed by atoms with van der Waals surface area (Å²) in [6.45, 7) is -0.111. The number of benzene rings is 2. The zero-order chi connectivity index (χ0) is 22.5. The smallest absolute Gasteiger partial charge is 0.259 e. The Hall–Kier alpha value is -3.56. The average Bonchev–Trinajstić information content (AvgIpc) is 2.76. The average molecular weight is 463 g/mol. The molecule has 168 valence electrons. The highest BCUT2D eigenvalue weighted by atomic mass is 35.5. The third kappa shape index (κ3) is 5.19. The fraction of sp³-hybridized carbons (Fsp3) is 0.136. The van der Waals surface area contributed by atoms with Crippen LogP contribution in [0.2, 0.25) is 5.02 Å². The number of aromatic nitrogens is 1. The van der Waals surface area contributed by atoms with Crippen LogP contribution in [-0.2, 0) is 0 Å². The summed E-state index contributed by atoms with van der Waals surface area (Å²) in [6.07, 6.45) is 1.15. The zero-order valence-electron chi connectivity index (χ0n) is 15.9. The second kappa shape index (κ2) is 10.7. The van der Waals surface area contributed by atoms with Crippen molar-refractivity contribution in [3.8, 4) is 0 Å². The van der Waals surface area contributed by atoms with Gasteiger partial charge >= 0.3 is 0 Å². The summed E-state index contributed by atoms with van der Waals surface area (Å²) in [5.74, 6) is -2.20. The minimum absolute atomic E-state index is 0. The van der Waals surface area contributed by atoms with E-state index < -0.39 is 28.8 Å². The third-order valence-corrected chi connectivity index (χ3v) is 4.64. The van der Waals surface area contributed by atoms with Gasteiger partial charge in [0.15, 0.2) is 0 Å². The number of aliphatic hydroxyl groups excluding tert-OH is 1. The Morgan fingerprint density at radius 2 is 1.66 bits per heavy atom. The molecule has 10 heteroatoms. The van der Waals surface area contributed by atoms with Gasteiger partial charge in [-0.05, 0) is 24.3 Å². The van der Waals surface area contributed by atoms with Crippen molar-refractivity contribution in [1.29, 1.82) is 5.41 Å². The predicted molar refractivity (Wildman–Crippen MR) is 120 cm³/mol. The monoisotopic (exact) mass is 462 g/mol. The van der Waals surface area contributed by atoms with Gasteiger partial charge in [0.2, 0.25) is 0 Å². The molecule has 0 aliphatic rings. The summed E-state index contributed by atoms with van der Waals surface area (Å²) in [7, 11) is 0. The lowest BCUT2D eigenvalue weighted by molar-refractivity contribution is 0.0945. The lowest BCUT2D eigenvalue weighted by Gasteiger charge is -2.15. The highest BCUT2D eigenvalue weighted by Crippen LogP contribution is 2.30. The molecule has 0 radical (unpaired) electrons. The Labute approximate surface area is 187 Å². The normalized spacial score (nSPS) is 10.2. The van der Waals surface area contributed by atoms with E-state index in [2.05, 4.69) is 15.6 Å². The molecule has 0 unspecified atom stereocenters. The highest BCUT2D eigenvalue weighted by molar-refractivity contribution is 6.34. The van der Waals surface area contributed by atoms with Crippen molar-refractivity contribution in [2.24, 2.45) is 0 Å². The first-order valence-corrected chi connectivity index (χ1v) is 9.42. The number of para-hydroxylation sites is 1. The lowest BCUT2D eigenvalue weighted by atomic mass is 10.0. The molecule has 0 spiro atoms. The lowest BCUT2D eigenvalue weighted by Crippen LogP contribution is -2.26. The largest absolute Gasteiger partial charge is 0.395 e. The maximum atomic E-state index is 14.1. The number of anilines is 2. The van der Waals surface area contributed by atoms with Crippen LogP contribution in [0.1, 0.15) is 28.9 Å². The molecule has 2 aromatic carbocycles. The molecule has 0 atom stereocenters. The predicted octanol–water partition coefficient (Wildman–Crippen LogP) is 3.82. The van der Waals surface area contributed by atoms with E-state index in [1.807, 2.05) is 0 Å². The second-order valence-electron chi connectivity index (χ2n) is 6.37. The summed E-state index contributed by atoms with van der Waals surface area (Å²) in [4.78, 5) is 26.8. The number of pyridine rings is 1. The molecule has 7 nitrogen and oxygen atoms in total. The number of hydrogen-bond acceptors (Lipinski definition) is 5.